The van der Waals surface area contributed by atoms with Gasteiger partial charge in [0.15, 0.2) is 0 Å². The van der Waals surface area contributed by atoms with Crippen molar-refractivity contribution in [3.8, 4) is 0 Å². The Morgan fingerprint density at radius 3 is 1.12 bits per heavy atom. The van der Waals surface area contributed by atoms with E-state index in [1.807, 2.05) is 0 Å². The van der Waals surface area contributed by atoms with Crippen LogP contribution in [0.2, 0.25) is 0 Å². The Labute approximate surface area is 79.5 Å². The predicted octanol–water partition coefficient (Wildman–Crippen LogP) is -1.42. The first kappa shape index (κ1) is 22.6. The first-order valence-electron chi connectivity index (χ1n) is 0.783. The molecule has 0 radical (unpaired) electrons. The van der Waals surface area contributed by atoms with Crippen molar-refractivity contribution >= 4 is 37.4 Å². The number of hydrogen-bond donors (Lipinski definition) is 4. The zero-order valence-corrected chi connectivity index (χ0v) is 5.26. The fourth-order valence-electron chi connectivity index (χ4n) is 0. The molecule has 0 heterocycles. The van der Waals surface area contributed by atoms with Crippen LogP contribution in [-0.2, 0) is 21.6 Å². The molecule has 0 amide bonds. The van der Waals surface area contributed by atoms with Crippen LogP contribution in [0.25, 0.3) is 0 Å². The average Bonchev–Trinajstić information content (AvgIpc) is 0.722. The van der Waals surface area contributed by atoms with E-state index in [9.17, 15) is 0 Å². The van der Waals surface area contributed by atoms with Crippen molar-refractivity contribution in [3.63, 3.8) is 0 Å². The summed E-state index contributed by atoms with van der Waals surface area (Å²) in [6.45, 7) is 0. The quantitative estimate of drug-likeness (QED) is 0.280. The molecule has 0 bridgehead atoms. The molecule has 50 valence electrons. The van der Waals surface area contributed by atoms with Crippen LogP contribution in [0.15, 0.2) is 0 Å². The van der Waals surface area contributed by atoms with Crippen molar-refractivity contribution in [2.75, 3.05) is 0 Å². The Kier molecular flexibility index (Phi) is 24.3. The van der Waals surface area contributed by atoms with Crippen molar-refractivity contribution in [3.05, 3.63) is 0 Å². The third-order valence-corrected chi connectivity index (χ3v) is 0. The summed E-state index contributed by atoms with van der Waals surface area (Å²) < 4.78 is 8.88. The fourth-order valence-corrected chi connectivity index (χ4v) is 0. The van der Waals surface area contributed by atoms with E-state index >= 15 is 0 Å². The Hall–Kier alpha value is 1.59. The second kappa shape index (κ2) is 8.59. The van der Waals surface area contributed by atoms with E-state index in [1.165, 1.54) is 0 Å². The summed E-state index contributed by atoms with van der Waals surface area (Å²) in [5.74, 6) is 0. The molecule has 0 atom stereocenters. The molecular formula is H7FeNNaO4P. The van der Waals surface area contributed by atoms with Gasteiger partial charge in [-0.25, -0.2) is 4.57 Å². The van der Waals surface area contributed by atoms with Crippen molar-refractivity contribution in [2.45, 2.75) is 0 Å². The molecule has 0 spiro atoms. The van der Waals surface area contributed by atoms with Crippen LogP contribution in [0.3, 0.4) is 0 Å². The van der Waals surface area contributed by atoms with Gasteiger partial charge >= 0.3 is 37.4 Å². The minimum atomic E-state index is -4.64. The van der Waals surface area contributed by atoms with Gasteiger partial charge in [-0.1, -0.05) is 0 Å². The SMILES string of the molecule is N.O=P(O)(O)O.[Fe].[NaH]. The van der Waals surface area contributed by atoms with Crippen LogP contribution in [0.4, 0.5) is 0 Å². The summed E-state index contributed by atoms with van der Waals surface area (Å²) in [4.78, 5) is 21.6. The van der Waals surface area contributed by atoms with Crippen LogP contribution in [0, 0.1) is 0 Å². The minimum absolute atomic E-state index is 0. The Morgan fingerprint density at radius 1 is 1.12 bits per heavy atom. The zero-order chi connectivity index (χ0) is 4.50. The topological polar surface area (TPSA) is 113 Å². The van der Waals surface area contributed by atoms with Gasteiger partial charge in [-0.05, 0) is 0 Å². The Morgan fingerprint density at radius 2 is 1.12 bits per heavy atom. The number of rotatable bonds is 0. The molecule has 0 aromatic rings. The van der Waals surface area contributed by atoms with Gasteiger partial charge in [-0.3, -0.25) is 0 Å². The Bertz CT molecular complexity index is 62.2. The summed E-state index contributed by atoms with van der Waals surface area (Å²) >= 11 is 0. The summed E-state index contributed by atoms with van der Waals surface area (Å²) in [6, 6.07) is 0. The summed E-state index contributed by atoms with van der Waals surface area (Å²) in [7, 11) is -4.64. The monoisotopic (exact) mass is 195 g/mol. The van der Waals surface area contributed by atoms with Gasteiger partial charge in [0.1, 0.15) is 0 Å². The van der Waals surface area contributed by atoms with Crippen LogP contribution in [-0.4, -0.2) is 44.2 Å². The fraction of sp³-hybridized carbons (Fsp3) is 0. The molecule has 0 aromatic heterocycles. The molecule has 0 unspecified atom stereocenters. The molecule has 0 saturated carbocycles. The van der Waals surface area contributed by atoms with E-state index in [0.29, 0.717) is 0 Å². The average molecular weight is 195 g/mol. The first-order chi connectivity index (χ1) is 2.00. The maximum absolute atomic E-state index is 8.88. The molecule has 0 aliphatic carbocycles. The summed E-state index contributed by atoms with van der Waals surface area (Å²) in [5, 5.41) is 0. The Balaban J connectivity index is -0.0000000267. The van der Waals surface area contributed by atoms with Gasteiger partial charge in [0, 0.05) is 17.1 Å². The van der Waals surface area contributed by atoms with Gasteiger partial charge < -0.3 is 20.8 Å². The molecule has 5 nitrogen and oxygen atoms in total. The molecule has 0 saturated heterocycles. The predicted molar refractivity (Wildman–Crippen MR) is 26.4 cm³/mol. The van der Waals surface area contributed by atoms with Crippen LogP contribution >= 0.6 is 7.82 Å². The molecule has 8 heavy (non-hydrogen) atoms. The number of hydrogen-bond acceptors (Lipinski definition) is 2. The summed E-state index contributed by atoms with van der Waals surface area (Å²) in [6.07, 6.45) is 0. The molecule has 0 aromatic carbocycles. The maximum atomic E-state index is 8.88. The van der Waals surface area contributed by atoms with Gasteiger partial charge in [-0.15, -0.1) is 0 Å². The second-order valence-corrected chi connectivity index (χ2v) is 1.54. The second-order valence-electron chi connectivity index (χ2n) is 0.513. The first-order valence-corrected chi connectivity index (χ1v) is 2.35. The molecule has 6 N–H and O–H groups in total. The molecule has 0 aliphatic rings. The van der Waals surface area contributed by atoms with Crippen molar-refractivity contribution < 1.29 is 36.3 Å². The van der Waals surface area contributed by atoms with E-state index < -0.39 is 7.82 Å². The van der Waals surface area contributed by atoms with Gasteiger partial charge in [0.05, 0.1) is 0 Å². The van der Waals surface area contributed by atoms with Crippen LogP contribution < -0.4 is 6.15 Å². The van der Waals surface area contributed by atoms with E-state index in [0.717, 1.165) is 0 Å². The van der Waals surface area contributed by atoms with Crippen molar-refractivity contribution in [1.29, 1.82) is 0 Å². The third-order valence-electron chi connectivity index (χ3n) is 0. The van der Waals surface area contributed by atoms with Crippen molar-refractivity contribution in [2.24, 2.45) is 0 Å². The van der Waals surface area contributed by atoms with E-state index in [2.05, 4.69) is 0 Å². The van der Waals surface area contributed by atoms with Gasteiger partial charge in [0.2, 0.25) is 0 Å². The number of phosphoric acid groups is 1. The molecule has 0 fully saturated rings. The molecular weight excluding hydrogens is 188 g/mol. The van der Waals surface area contributed by atoms with Crippen molar-refractivity contribution in [1.82, 2.24) is 6.15 Å². The molecule has 8 heteroatoms. The molecule has 0 rings (SSSR count). The van der Waals surface area contributed by atoms with Crippen LogP contribution in [0.5, 0.6) is 0 Å². The van der Waals surface area contributed by atoms with Crippen LogP contribution in [0.1, 0.15) is 0 Å². The third kappa shape index (κ3) is 130. The standard InChI is InChI=1S/Fe.H3N.Na.H3O4P.H/c;;;1-5(2,3)4;/h;1H3;;(H3,1,2,3,4);. The van der Waals surface area contributed by atoms with Gasteiger partial charge in [0.25, 0.3) is 0 Å². The van der Waals surface area contributed by atoms with Gasteiger partial charge in [-0.2, -0.15) is 0 Å². The zero-order valence-electron chi connectivity index (χ0n) is 3.26. The van der Waals surface area contributed by atoms with E-state index in [4.69, 9.17) is 19.2 Å². The normalized spacial score (nSPS) is 7.38. The van der Waals surface area contributed by atoms with E-state index in [-0.39, 0.29) is 52.8 Å². The summed E-state index contributed by atoms with van der Waals surface area (Å²) in [5.41, 5.74) is 0. The molecule has 0 aliphatic heterocycles. The van der Waals surface area contributed by atoms with E-state index in [1.54, 1.807) is 0 Å².